The number of aromatic nitrogens is 1. The minimum Gasteiger partial charge on any atom is -0.375 e. The van der Waals surface area contributed by atoms with E-state index in [1.807, 2.05) is 23.1 Å². The van der Waals surface area contributed by atoms with Crippen molar-refractivity contribution in [2.75, 3.05) is 26.0 Å². The molecule has 0 aliphatic carbocycles. The van der Waals surface area contributed by atoms with Crippen LogP contribution in [0.4, 0.5) is 0 Å². The van der Waals surface area contributed by atoms with Gasteiger partial charge in [-0.25, -0.2) is 13.1 Å². The van der Waals surface area contributed by atoms with E-state index in [1.165, 1.54) is 6.26 Å². The van der Waals surface area contributed by atoms with Gasteiger partial charge in [0.05, 0.1) is 18.3 Å². The zero-order chi connectivity index (χ0) is 17.9. The minimum atomic E-state index is -3.21. The fourth-order valence-electron chi connectivity index (χ4n) is 3.71. The van der Waals surface area contributed by atoms with Crippen molar-refractivity contribution in [3.8, 4) is 0 Å². The molecule has 3 rings (SSSR count). The molecule has 2 fully saturated rings. The maximum atomic E-state index is 12.4. The Morgan fingerprint density at radius 2 is 2.16 bits per heavy atom. The number of likely N-dealkylation sites (tertiary alicyclic amines) is 1. The number of carbonyl (C=O) groups is 1. The molecule has 2 aliphatic heterocycles. The van der Waals surface area contributed by atoms with Gasteiger partial charge in [0.1, 0.15) is 0 Å². The van der Waals surface area contributed by atoms with Crippen LogP contribution in [-0.2, 0) is 26.0 Å². The zero-order valence-electron chi connectivity index (χ0n) is 14.5. The van der Waals surface area contributed by atoms with Crippen LogP contribution in [0.5, 0.6) is 0 Å². The molecule has 1 aromatic heterocycles. The van der Waals surface area contributed by atoms with Crippen LogP contribution >= 0.6 is 0 Å². The maximum Gasteiger partial charge on any atom is 0.228 e. The number of rotatable bonds is 4. The Morgan fingerprint density at radius 1 is 1.40 bits per heavy atom. The van der Waals surface area contributed by atoms with Gasteiger partial charge >= 0.3 is 0 Å². The summed E-state index contributed by atoms with van der Waals surface area (Å²) in [5.74, 6) is 0.0789. The molecule has 0 aromatic carbocycles. The molecular formula is C17H25N3O4S. The topological polar surface area (TPSA) is 88.6 Å². The van der Waals surface area contributed by atoms with E-state index in [-0.39, 0.29) is 17.6 Å². The normalized spacial score (nSPS) is 23.6. The minimum absolute atomic E-state index is 0.0789. The van der Waals surface area contributed by atoms with Crippen molar-refractivity contribution >= 4 is 15.9 Å². The summed E-state index contributed by atoms with van der Waals surface area (Å²) in [6.07, 6.45) is 6.03. The van der Waals surface area contributed by atoms with Gasteiger partial charge in [0, 0.05) is 37.6 Å². The van der Waals surface area contributed by atoms with Gasteiger partial charge in [-0.15, -0.1) is 0 Å². The summed E-state index contributed by atoms with van der Waals surface area (Å²) in [5, 5.41) is 0. The highest BCUT2D eigenvalue weighted by Gasteiger charge is 2.41. The fraction of sp³-hybridized carbons (Fsp3) is 0.647. The van der Waals surface area contributed by atoms with Crippen molar-refractivity contribution in [3.63, 3.8) is 0 Å². The Labute approximate surface area is 148 Å². The number of carbonyl (C=O) groups excluding carboxylic acids is 1. The maximum absolute atomic E-state index is 12.4. The number of amides is 1. The molecule has 0 saturated carbocycles. The number of nitrogens with one attached hydrogen (secondary N) is 1. The molecule has 138 valence electrons. The highest BCUT2D eigenvalue weighted by Crippen LogP contribution is 2.35. The van der Waals surface area contributed by atoms with Crippen LogP contribution in [0.2, 0.25) is 0 Å². The fourth-order valence-corrected chi connectivity index (χ4v) is 4.52. The highest BCUT2D eigenvalue weighted by atomic mass is 32.2. The van der Waals surface area contributed by atoms with E-state index >= 15 is 0 Å². The molecule has 1 atom stereocenters. The number of ether oxygens (including phenoxy) is 1. The van der Waals surface area contributed by atoms with Crippen LogP contribution in [-0.4, -0.2) is 61.8 Å². The third-order valence-electron chi connectivity index (χ3n) is 4.96. The van der Waals surface area contributed by atoms with E-state index in [9.17, 15) is 13.2 Å². The third kappa shape index (κ3) is 4.99. The van der Waals surface area contributed by atoms with E-state index in [0.717, 1.165) is 18.5 Å². The number of pyridine rings is 1. The van der Waals surface area contributed by atoms with Gasteiger partial charge in [0.2, 0.25) is 15.9 Å². The van der Waals surface area contributed by atoms with Crippen molar-refractivity contribution in [1.82, 2.24) is 14.6 Å². The van der Waals surface area contributed by atoms with Gasteiger partial charge in [-0.1, -0.05) is 6.07 Å². The first-order chi connectivity index (χ1) is 11.9. The van der Waals surface area contributed by atoms with Gasteiger partial charge < -0.3 is 9.64 Å². The molecule has 8 heteroatoms. The summed E-state index contributed by atoms with van der Waals surface area (Å²) in [5.41, 5.74) is 0.460. The molecule has 1 unspecified atom stereocenters. The summed E-state index contributed by atoms with van der Waals surface area (Å²) in [7, 11) is -3.21. The molecule has 3 heterocycles. The Hall–Kier alpha value is -1.51. The second kappa shape index (κ2) is 7.39. The second-order valence-corrected chi connectivity index (χ2v) is 8.77. The molecule has 2 aliphatic rings. The van der Waals surface area contributed by atoms with Crippen LogP contribution in [0.15, 0.2) is 24.4 Å². The number of hydrogen-bond acceptors (Lipinski definition) is 5. The molecule has 1 aromatic rings. The molecule has 0 bridgehead atoms. The van der Waals surface area contributed by atoms with Crippen molar-refractivity contribution in [2.45, 2.75) is 43.7 Å². The van der Waals surface area contributed by atoms with Crippen molar-refractivity contribution in [3.05, 3.63) is 30.1 Å². The van der Waals surface area contributed by atoms with Crippen molar-refractivity contribution in [1.29, 1.82) is 0 Å². The van der Waals surface area contributed by atoms with Crippen LogP contribution in [0.1, 0.15) is 31.4 Å². The zero-order valence-corrected chi connectivity index (χ0v) is 15.3. The van der Waals surface area contributed by atoms with E-state index < -0.39 is 10.0 Å². The van der Waals surface area contributed by atoms with Crippen LogP contribution < -0.4 is 4.72 Å². The third-order valence-corrected chi connectivity index (χ3v) is 5.72. The molecule has 1 amide bonds. The molecular weight excluding hydrogens is 342 g/mol. The Bertz CT molecular complexity index is 700. The standard InChI is InChI=1S/C17H25N3O4S/c1-25(22,23)19-15-5-11-24-17(13-15)6-9-20(10-7-17)16(21)12-14-4-2-3-8-18-14/h2-4,8,15,19H,5-7,9-13H2,1H3. The van der Waals surface area contributed by atoms with Crippen LogP contribution in [0.25, 0.3) is 0 Å². The summed E-state index contributed by atoms with van der Waals surface area (Å²) >= 11 is 0. The average molecular weight is 367 g/mol. The van der Waals surface area contributed by atoms with Crippen LogP contribution in [0.3, 0.4) is 0 Å². The van der Waals surface area contributed by atoms with Gasteiger partial charge in [0.15, 0.2) is 0 Å². The number of piperidine rings is 1. The summed E-state index contributed by atoms with van der Waals surface area (Å²) < 4.78 is 31.7. The van der Waals surface area contributed by atoms with E-state index in [0.29, 0.717) is 39.0 Å². The molecule has 0 radical (unpaired) electrons. The van der Waals surface area contributed by atoms with Crippen LogP contribution in [0, 0.1) is 0 Å². The van der Waals surface area contributed by atoms with Gasteiger partial charge in [-0.2, -0.15) is 0 Å². The predicted octanol–water partition coefficient (Wildman–Crippen LogP) is 0.714. The Morgan fingerprint density at radius 3 is 2.80 bits per heavy atom. The first kappa shape index (κ1) is 18.3. The van der Waals surface area contributed by atoms with E-state index in [4.69, 9.17) is 4.74 Å². The monoisotopic (exact) mass is 367 g/mol. The van der Waals surface area contributed by atoms with E-state index in [1.54, 1.807) is 6.20 Å². The average Bonchev–Trinajstić information content (AvgIpc) is 2.55. The lowest BCUT2D eigenvalue weighted by Gasteiger charge is -2.46. The molecule has 25 heavy (non-hydrogen) atoms. The van der Waals surface area contributed by atoms with E-state index in [2.05, 4.69) is 9.71 Å². The molecule has 2 saturated heterocycles. The molecule has 1 N–H and O–H groups in total. The number of hydrogen-bond donors (Lipinski definition) is 1. The van der Waals surface area contributed by atoms with Gasteiger partial charge in [-0.3, -0.25) is 9.78 Å². The van der Waals surface area contributed by atoms with Gasteiger partial charge in [0.25, 0.3) is 0 Å². The first-order valence-electron chi connectivity index (χ1n) is 8.64. The summed E-state index contributed by atoms with van der Waals surface area (Å²) in [4.78, 5) is 18.5. The predicted molar refractivity (Wildman–Crippen MR) is 93.4 cm³/mol. The lowest BCUT2D eigenvalue weighted by atomic mass is 9.82. The second-order valence-electron chi connectivity index (χ2n) is 6.99. The first-order valence-corrected chi connectivity index (χ1v) is 10.5. The molecule has 7 nitrogen and oxygen atoms in total. The SMILES string of the molecule is CS(=O)(=O)NC1CCOC2(CCN(C(=O)Cc3ccccn3)CC2)C1. The largest absolute Gasteiger partial charge is 0.375 e. The quantitative estimate of drug-likeness (QED) is 0.847. The van der Waals surface area contributed by atoms with Crippen molar-refractivity contribution in [2.24, 2.45) is 0 Å². The number of nitrogens with zero attached hydrogens (tertiary/aromatic N) is 2. The highest BCUT2D eigenvalue weighted by molar-refractivity contribution is 7.88. The molecule has 1 spiro atoms. The Kier molecular flexibility index (Phi) is 5.41. The lowest BCUT2D eigenvalue weighted by Crippen LogP contribution is -2.54. The summed E-state index contributed by atoms with van der Waals surface area (Å²) in [6, 6.07) is 5.49. The summed E-state index contributed by atoms with van der Waals surface area (Å²) in [6.45, 7) is 1.82. The number of sulfonamides is 1. The smallest absolute Gasteiger partial charge is 0.228 e. The lowest BCUT2D eigenvalue weighted by molar-refractivity contribution is -0.143. The Balaban J connectivity index is 1.54. The van der Waals surface area contributed by atoms with Gasteiger partial charge in [-0.05, 0) is 37.8 Å². The van der Waals surface area contributed by atoms with Crippen molar-refractivity contribution < 1.29 is 17.9 Å².